The largest absolute Gasteiger partial charge is 0.397 e. The molecule has 7 heteroatoms. The summed E-state index contributed by atoms with van der Waals surface area (Å²) >= 11 is 0. The number of amides is 2. The van der Waals surface area contributed by atoms with Crippen molar-refractivity contribution in [3.8, 4) is 0 Å². The Hall–Kier alpha value is -2.83. The molecule has 0 aliphatic carbocycles. The number of unbranched alkanes of at least 4 members (excludes halogenated alkanes) is 2. The van der Waals surface area contributed by atoms with Crippen LogP contribution in [0.1, 0.15) is 37.8 Å². The Morgan fingerprint density at radius 2 is 1.88 bits per heavy atom. The van der Waals surface area contributed by atoms with Crippen LogP contribution in [0.2, 0.25) is 0 Å². The zero-order chi connectivity index (χ0) is 18.1. The number of primary amides is 1. The van der Waals surface area contributed by atoms with Crippen molar-refractivity contribution < 1.29 is 9.59 Å². The van der Waals surface area contributed by atoms with Gasteiger partial charge in [-0.15, -0.1) is 0 Å². The summed E-state index contributed by atoms with van der Waals surface area (Å²) in [5.41, 5.74) is 13.4. The van der Waals surface area contributed by atoms with Crippen molar-refractivity contribution in [2.24, 2.45) is 5.73 Å². The monoisotopic (exact) mass is 343 g/mol. The molecule has 0 spiro atoms. The third kappa shape index (κ3) is 5.95. The van der Waals surface area contributed by atoms with E-state index < -0.39 is 0 Å². The lowest BCUT2D eigenvalue weighted by Gasteiger charge is -2.24. The molecule has 5 N–H and O–H groups in total. The highest BCUT2D eigenvalue weighted by atomic mass is 16.2. The third-order valence-electron chi connectivity index (χ3n) is 4.00. The molecule has 2 rings (SSSR count). The average molecular weight is 343 g/mol. The highest BCUT2D eigenvalue weighted by Crippen LogP contribution is 2.24. The van der Waals surface area contributed by atoms with Gasteiger partial charge < -0.3 is 21.4 Å². The van der Waals surface area contributed by atoms with Crippen molar-refractivity contribution in [3.05, 3.63) is 42.5 Å². The molecule has 1 heterocycles. The Labute approximate surface area is 147 Å². The molecule has 0 radical (unpaired) electrons. The second-order valence-electron chi connectivity index (χ2n) is 5.96. The zero-order valence-corrected chi connectivity index (χ0v) is 14.3. The Morgan fingerprint density at radius 1 is 1.12 bits per heavy atom. The van der Waals surface area contributed by atoms with Gasteiger partial charge in [0.25, 0.3) is 0 Å². The Balaban J connectivity index is 1.96. The Bertz CT molecular complexity index is 685. The SMILES string of the molecule is NC(=O)CCCCCC(=O)N(CCc1cnc[nH]1)c1ccccc1N. The van der Waals surface area contributed by atoms with Crippen LogP contribution in [0.15, 0.2) is 36.8 Å². The van der Waals surface area contributed by atoms with Crippen LogP contribution < -0.4 is 16.4 Å². The minimum atomic E-state index is -0.301. The van der Waals surface area contributed by atoms with E-state index >= 15 is 0 Å². The number of carbonyl (C=O) groups excluding carboxylic acids is 2. The number of rotatable bonds is 10. The molecule has 25 heavy (non-hydrogen) atoms. The quantitative estimate of drug-likeness (QED) is 0.451. The number of hydrogen-bond donors (Lipinski definition) is 3. The summed E-state index contributed by atoms with van der Waals surface area (Å²) in [4.78, 5) is 32.2. The van der Waals surface area contributed by atoms with Crippen LogP contribution in [0.3, 0.4) is 0 Å². The summed E-state index contributed by atoms with van der Waals surface area (Å²) in [7, 11) is 0. The van der Waals surface area contributed by atoms with Crippen LogP contribution in [0.4, 0.5) is 11.4 Å². The molecule has 2 amide bonds. The van der Waals surface area contributed by atoms with Gasteiger partial charge in [-0.1, -0.05) is 18.6 Å². The number of nitrogens with zero attached hydrogens (tertiary/aromatic N) is 2. The number of hydrogen-bond acceptors (Lipinski definition) is 4. The molecular weight excluding hydrogens is 318 g/mol. The number of aromatic nitrogens is 2. The van der Waals surface area contributed by atoms with E-state index in [9.17, 15) is 9.59 Å². The third-order valence-corrected chi connectivity index (χ3v) is 4.00. The maximum atomic E-state index is 12.7. The molecule has 0 saturated heterocycles. The van der Waals surface area contributed by atoms with Crippen LogP contribution in [-0.2, 0) is 16.0 Å². The molecule has 0 atom stereocenters. The van der Waals surface area contributed by atoms with Gasteiger partial charge >= 0.3 is 0 Å². The first-order chi connectivity index (χ1) is 12.1. The van der Waals surface area contributed by atoms with E-state index in [0.29, 0.717) is 37.9 Å². The number of benzene rings is 1. The van der Waals surface area contributed by atoms with Crippen LogP contribution in [0.5, 0.6) is 0 Å². The first-order valence-electron chi connectivity index (χ1n) is 8.48. The van der Waals surface area contributed by atoms with Gasteiger partial charge in [0.2, 0.25) is 11.8 Å². The van der Waals surface area contributed by atoms with Crippen LogP contribution in [-0.4, -0.2) is 28.3 Å². The molecule has 134 valence electrons. The van der Waals surface area contributed by atoms with Crippen LogP contribution in [0.25, 0.3) is 0 Å². The summed E-state index contributed by atoms with van der Waals surface area (Å²) in [6, 6.07) is 7.36. The van der Waals surface area contributed by atoms with E-state index in [1.165, 1.54) is 0 Å². The summed E-state index contributed by atoms with van der Waals surface area (Å²) in [6.07, 6.45) is 7.05. The number of anilines is 2. The molecule has 1 aromatic heterocycles. The van der Waals surface area contributed by atoms with Crippen molar-refractivity contribution in [2.45, 2.75) is 38.5 Å². The second kappa shape index (κ2) is 9.46. The Kier molecular flexibility index (Phi) is 7.00. The molecule has 0 aliphatic rings. The first-order valence-corrected chi connectivity index (χ1v) is 8.48. The number of nitrogens with one attached hydrogen (secondary N) is 1. The van der Waals surface area contributed by atoms with E-state index in [2.05, 4.69) is 9.97 Å². The fourth-order valence-corrected chi connectivity index (χ4v) is 2.65. The minimum absolute atomic E-state index is 0.0245. The lowest BCUT2D eigenvalue weighted by atomic mass is 10.1. The van der Waals surface area contributed by atoms with E-state index in [-0.39, 0.29) is 11.8 Å². The highest BCUT2D eigenvalue weighted by molar-refractivity contribution is 5.96. The Morgan fingerprint density at radius 3 is 2.56 bits per heavy atom. The maximum Gasteiger partial charge on any atom is 0.227 e. The molecule has 1 aromatic carbocycles. The number of para-hydroxylation sites is 2. The van der Waals surface area contributed by atoms with Gasteiger partial charge in [-0.3, -0.25) is 9.59 Å². The fourth-order valence-electron chi connectivity index (χ4n) is 2.65. The highest BCUT2D eigenvalue weighted by Gasteiger charge is 2.17. The summed E-state index contributed by atoms with van der Waals surface area (Å²) in [6.45, 7) is 0.524. The van der Waals surface area contributed by atoms with Gasteiger partial charge in [-0.05, 0) is 25.0 Å². The van der Waals surface area contributed by atoms with Gasteiger partial charge in [0.05, 0.1) is 17.7 Å². The van der Waals surface area contributed by atoms with Gasteiger partial charge in [0.15, 0.2) is 0 Å². The van der Waals surface area contributed by atoms with E-state index in [1.54, 1.807) is 23.5 Å². The minimum Gasteiger partial charge on any atom is -0.397 e. The van der Waals surface area contributed by atoms with Crippen LogP contribution in [0, 0.1) is 0 Å². The summed E-state index contributed by atoms with van der Waals surface area (Å²) in [5, 5.41) is 0. The van der Waals surface area contributed by atoms with Crippen molar-refractivity contribution in [1.29, 1.82) is 0 Å². The predicted octanol–water partition coefficient (Wildman–Crippen LogP) is 2.00. The lowest BCUT2D eigenvalue weighted by Crippen LogP contribution is -2.33. The van der Waals surface area contributed by atoms with Crippen molar-refractivity contribution >= 4 is 23.2 Å². The van der Waals surface area contributed by atoms with E-state index in [1.807, 2.05) is 18.2 Å². The maximum absolute atomic E-state index is 12.7. The number of H-pyrrole nitrogens is 1. The molecule has 0 saturated carbocycles. The number of nitrogens with two attached hydrogens (primary N) is 2. The van der Waals surface area contributed by atoms with Crippen molar-refractivity contribution in [3.63, 3.8) is 0 Å². The fraction of sp³-hybridized carbons (Fsp3) is 0.389. The first kappa shape index (κ1) is 18.5. The van der Waals surface area contributed by atoms with Gasteiger partial charge in [-0.25, -0.2) is 4.98 Å². The van der Waals surface area contributed by atoms with Crippen LogP contribution >= 0.6 is 0 Å². The summed E-state index contributed by atoms with van der Waals surface area (Å²) < 4.78 is 0. The van der Waals surface area contributed by atoms with Gasteiger partial charge in [0, 0.05) is 37.7 Å². The number of carbonyl (C=O) groups is 2. The molecule has 7 nitrogen and oxygen atoms in total. The van der Waals surface area contributed by atoms with Gasteiger partial charge in [-0.2, -0.15) is 0 Å². The smallest absolute Gasteiger partial charge is 0.227 e. The lowest BCUT2D eigenvalue weighted by molar-refractivity contribution is -0.118. The number of imidazole rings is 1. The van der Waals surface area contributed by atoms with Gasteiger partial charge in [0.1, 0.15) is 0 Å². The standard InChI is InChI=1S/C18H25N5O2/c19-15-6-4-5-7-16(15)23(11-10-14-12-21-13-22-14)18(25)9-3-1-2-8-17(20)24/h4-7,12-13H,1-3,8-11,19H2,(H2,20,24)(H,21,22). The molecule has 0 fully saturated rings. The second-order valence-corrected chi connectivity index (χ2v) is 5.96. The average Bonchev–Trinajstić information content (AvgIpc) is 3.09. The normalized spacial score (nSPS) is 10.6. The number of nitrogen functional groups attached to an aromatic ring is 1. The summed E-state index contributed by atoms with van der Waals surface area (Å²) in [5.74, 6) is -0.277. The topological polar surface area (TPSA) is 118 Å². The van der Waals surface area contributed by atoms with E-state index in [0.717, 1.165) is 24.2 Å². The molecule has 0 aliphatic heterocycles. The zero-order valence-electron chi connectivity index (χ0n) is 14.3. The molecular formula is C18H25N5O2. The number of aromatic amines is 1. The molecule has 2 aromatic rings. The van der Waals surface area contributed by atoms with E-state index in [4.69, 9.17) is 11.5 Å². The van der Waals surface area contributed by atoms with Crippen molar-refractivity contribution in [1.82, 2.24) is 9.97 Å². The molecule has 0 unspecified atom stereocenters. The van der Waals surface area contributed by atoms with Crippen molar-refractivity contribution in [2.75, 3.05) is 17.2 Å². The predicted molar refractivity (Wildman–Crippen MR) is 97.8 cm³/mol. The molecule has 0 bridgehead atoms.